The summed E-state index contributed by atoms with van der Waals surface area (Å²) in [4.78, 5) is 11.9. The Morgan fingerprint density at radius 2 is 2.28 bits per heavy atom. The normalized spacial score (nSPS) is 9.78. The average Bonchev–Trinajstić information content (AvgIpc) is 2.78. The molecule has 0 spiro atoms. The van der Waals surface area contributed by atoms with E-state index >= 15 is 0 Å². The quantitative estimate of drug-likeness (QED) is 0.770. The van der Waals surface area contributed by atoms with Crippen LogP contribution in [0.3, 0.4) is 0 Å². The Bertz CT molecular complexity index is 638. The van der Waals surface area contributed by atoms with Gasteiger partial charge in [-0.25, -0.2) is 0 Å². The number of anilines is 2. The number of nitrogens with zero attached hydrogens (tertiary/aromatic N) is 3. The standard InChI is InChI=1S/C12H11N5O/c1-17-5-4-11(16-17)12(18)15-10-3-2-9(14)6-8(10)7-13/h2-6H,14H2,1H3,(H,15,18). The molecule has 18 heavy (non-hydrogen) atoms. The van der Waals surface area contributed by atoms with Crippen LogP contribution in [0.25, 0.3) is 0 Å². The van der Waals surface area contributed by atoms with Crippen molar-refractivity contribution in [3.05, 3.63) is 41.7 Å². The van der Waals surface area contributed by atoms with Crippen molar-refractivity contribution < 1.29 is 4.79 Å². The highest BCUT2D eigenvalue weighted by atomic mass is 16.1. The lowest BCUT2D eigenvalue weighted by Crippen LogP contribution is -2.14. The third kappa shape index (κ3) is 2.30. The van der Waals surface area contributed by atoms with E-state index in [0.29, 0.717) is 22.6 Å². The molecule has 1 heterocycles. The monoisotopic (exact) mass is 241 g/mol. The van der Waals surface area contributed by atoms with Crippen LogP contribution in [-0.2, 0) is 7.05 Å². The molecular formula is C12H11N5O. The van der Waals surface area contributed by atoms with Gasteiger partial charge in [0.2, 0.25) is 0 Å². The molecule has 0 aliphatic carbocycles. The molecule has 1 aromatic heterocycles. The van der Waals surface area contributed by atoms with Crippen molar-refractivity contribution in [1.29, 1.82) is 5.26 Å². The number of nitriles is 1. The number of carbonyl (C=O) groups excluding carboxylic acids is 1. The molecule has 0 aliphatic heterocycles. The van der Waals surface area contributed by atoms with Gasteiger partial charge in [0.05, 0.1) is 11.3 Å². The molecule has 0 radical (unpaired) electrons. The Morgan fingerprint density at radius 1 is 1.50 bits per heavy atom. The second kappa shape index (κ2) is 4.59. The van der Waals surface area contributed by atoms with E-state index in [0.717, 1.165) is 0 Å². The zero-order valence-corrected chi connectivity index (χ0v) is 9.71. The molecule has 0 aliphatic rings. The van der Waals surface area contributed by atoms with Crippen LogP contribution in [0.4, 0.5) is 11.4 Å². The van der Waals surface area contributed by atoms with Gasteiger partial charge in [-0.15, -0.1) is 0 Å². The Morgan fingerprint density at radius 3 is 2.89 bits per heavy atom. The van der Waals surface area contributed by atoms with E-state index in [1.807, 2.05) is 6.07 Å². The average molecular weight is 241 g/mol. The van der Waals surface area contributed by atoms with Gasteiger partial charge in [-0.1, -0.05) is 0 Å². The number of aryl methyl sites for hydroxylation is 1. The van der Waals surface area contributed by atoms with Crippen molar-refractivity contribution in [3.63, 3.8) is 0 Å². The Kier molecular flexibility index (Phi) is 2.98. The zero-order chi connectivity index (χ0) is 13.1. The summed E-state index contributed by atoms with van der Waals surface area (Å²) in [5.41, 5.74) is 7.07. The van der Waals surface area contributed by atoms with E-state index in [4.69, 9.17) is 11.0 Å². The first kappa shape index (κ1) is 11.7. The molecule has 90 valence electrons. The second-order valence-electron chi connectivity index (χ2n) is 3.75. The van der Waals surface area contributed by atoms with Crippen molar-refractivity contribution in [2.24, 2.45) is 7.05 Å². The lowest BCUT2D eigenvalue weighted by molar-refractivity contribution is 0.102. The van der Waals surface area contributed by atoms with Crippen LogP contribution in [0.5, 0.6) is 0 Å². The number of nitrogens with one attached hydrogen (secondary N) is 1. The number of hydrogen-bond acceptors (Lipinski definition) is 4. The highest BCUT2D eigenvalue weighted by Crippen LogP contribution is 2.18. The summed E-state index contributed by atoms with van der Waals surface area (Å²) in [5.74, 6) is -0.364. The van der Waals surface area contributed by atoms with Gasteiger partial charge in [0, 0.05) is 18.9 Å². The molecule has 0 saturated heterocycles. The van der Waals surface area contributed by atoms with Crippen molar-refractivity contribution in [2.75, 3.05) is 11.1 Å². The largest absolute Gasteiger partial charge is 0.399 e. The molecule has 0 saturated carbocycles. The van der Waals surface area contributed by atoms with Gasteiger partial charge in [0.15, 0.2) is 5.69 Å². The van der Waals surface area contributed by atoms with Gasteiger partial charge in [-0.2, -0.15) is 10.4 Å². The Balaban J connectivity index is 2.25. The van der Waals surface area contributed by atoms with E-state index < -0.39 is 0 Å². The summed E-state index contributed by atoms with van der Waals surface area (Å²) in [5, 5.41) is 15.6. The van der Waals surface area contributed by atoms with Crippen LogP contribution in [0.15, 0.2) is 30.5 Å². The maximum absolute atomic E-state index is 11.9. The summed E-state index contributed by atoms with van der Waals surface area (Å²) in [6, 6.07) is 8.29. The minimum Gasteiger partial charge on any atom is -0.399 e. The first-order valence-corrected chi connectivity index (χ1v) is 5.21. The van der Waals surface area contributed by atoms with Crippen molar-refractivity contribution in [3.8, 4) is 6.07 Å². The number of nitrogens with two attached hydrogens (primary N) is 1. The summed E-state index contributed by atoms with van der Waals surface area (Å²) >= 11 is 0. The molecule has 6 nitrogen and oxygen atoms in total. The van der Waals surface area contributed by atoms with Crippen molar-refractivity contribution >= 4 is 17.3 Å². The van der Waals surface area contributed by atoms with Crippen LogP contribution >= 0.6 is 0 Å². The highest BCUT2D eigenvalue weighted by Gasteiger charge is 2.11. The SMILES string of the molecule is Cn1ccc(C(=O)Nc2ccc(N)cc2C#N)n1. The number of amides is 1. The Labute approximate surface area is 104 Å². The number of carbonyl (C=O) groups is 1. The summed E-state index contributed by atoms with van der Waals surface area (Å²) < 4.78 is 1.53. The first-order chi connectivity index (χ1) is 8.60. The predicted molar refractivity (Wildman–Crippen MR) is 66.7 cm³/mol. The maximum Gasteiger partial charge on any atom is 0.276 e. The molecule has 2 aromatic rings. The lowest BCUT2D eigenvalue weighted by atomic mass is 10.1. The number of benzene rings is 1. The molecule has 3 N–H and O–H groups in total. The fourth-order valence-electron chi connectivity index (χ4n) is 1.49. The second-order valence-corrected chi connectivity index (χ2v) is 3.75. The van der Waals surface area contributed by atoms with Gasteiger partial charge in [0.1, 0.15) is 6.07 Å². The summed E-state index contributed by atoms with van der Waals surface area (Å²) in [6.07, 6.45) is 1.67. The van der Waals surface area contributed by atoms with E-state index in [1.165, 1.54) is 10.7 Å². The van der Waals surface area contributed by atoms with Crippen molar-refractivity contribution in [2.45, 2.75) is 0 Å². The van der Waals surface area contributed by atoms with E-state index in [2.05, 4.69) is 10.4 Å². The maximum atomic E-state index is 11.9. The first-order valence-electron chi connectivity index (χ1n) is 5.21. The fraction of sp³-hybridized carbons (Fsp3) is 0.0833. The van der Waals surface area contributed by atoms with Crippen LogP contribution in [-0.4, -0.2) is 15.7 Å². The van der Waals surface area contributed by atoms with E-state index in [9.17, 15) is 4.79 Å². The number of rotatable bonds is 2. The van der Waals surface area contributed by atoms with E-state index in [-0.39, 0.29) is 5.91 Å². The van der Waals surface area contributed by atoms with Gasteiger partial charge >= 0.3 is 0 Å². The van der Waals surface area contributed by atoms with Crippen LogP contribution in [0.1, 0.15) is 16.1 Å². The molecule has 1 aromatic carbocycles. The third-order valence-electron chi connectivity index (χ3n) is 2.36. The minimum atomic E-state index is -0.364. The van der Waals surface area contributed by atoms with Crippen molar-refractivity contribution in [1.82, 2.24) is 9.78 Å². The number of nitrogen functional groups attached to an aromatic ring is 1. The molecular weight excluding hydrogens is 230 g/mol. The molecule has 1 amide bonds. The summed E-state index contributed by atoms with van der Waals surface area (Å²) in [6.45, 7) is 0. The molecule has 0 bridgehead atoms. The van der Waals surface area contributed by atoms with Gasteiger partial charge < -0.3 is 11.1 Å². The van der Waals surface area contributed by atoms with Crippen LogP contribution in [0.2, 0.25) is 0 Å². The molecule has 0 atom stereocenters. The lowest BCUT2D eigenvalue weighted by Gasteiger charge is -2.05. The number of aromatic nitrogens is 2. The van der Waals surface area contributed by atoms with Gasteiger partial charge in [-0.3, -0.25) is 9.48 Å². The zero-order valence-electron chi connectivity index (χ0n) is 9.71. The third-order valence-corrected chi connectivity index (χ3v) is 2.36. The minimum absolute atomic E-state index is 0.290. The molecule has 2 rings (SSSR count). The van der Waals surface area contributed by atoms with Crippen LogP contribution < -0.4 is 11.1 Å². The van der Waals surface area contributed by atoms with Gasteiger partial charge in [-0.05, 0) is 24.3 Å². The molecule has 0 unspecified atom stereocenters. The summed E-state index contributed by atoms with van der Waals surface area (Å²) in [7, 11) is 1.72. The predicted octanol–water partition coefficient (Wildman–Crippen LogP) is 1.13. The molecule has 0 fully saturated rings. The van der Waals surface area contributed by atoms with E-state index in [1.54, 1.807) is 31.4 Å². The Hall–Kier alpha value is -2.81. The number of hydrogen-bond donors (Lipinski definition) is 2. The van der Waals surface area contributed by atoms with Gasteiger partial charge in [0.25, 0.3) is 5.91 Å². The smallest absolute Gasteiger partial charge is 0.276 e. The molecule has 6 heteroatoms. The fourth-order valence-corrected chi connectivity index (χ4v) is 1.49. The van der Waals surface area contributed by atoms with Crippen LogP contribution in [0, 0.1) is 11.3 Å². The topological polar surface area (TPSA) is 96.7 Å². The highest BCUT2D eigenvalue weighted by molar-refractivity contribution is 6.03.